The van der Waals surface area contributed by atoms with Gasteiger partial charge < -0.3 is 10.6 Å². The summed E-state index contributed by atoms with van der Waals surface area (Å²) in [5.74, 6) is -1.36. The van der Waals surface area contributed by atoms with Gasteiger partial charge in [0.2, 0.25) is 0 Å². The second kappa shape index (κ2) is 7.09. The van der Waals surface area contributed by atoms with Crippen LogP contribution in [0.5, 0.6) is 0 Å². The van der Waals surface area contributed by atoms with E-state index in [1.54, 1.807) is 24.3 Å². The number of hydrogen-bond acceptors (Lipinski definition) is 2. The molecule has 0 aromatic heterocycles. The zero-order valence-corrected chi connectivity index (χ0v) is 13.2. The molecule has 2 N–H and O–H groups in total. The Morgan fingerprint density at radius 2 is 1.77 bits per heavy atom. The lowest BCUT2D eigenvalue weighted by Crippen LogP contribution is -2.35. The van der Waals surface area contributed by atoms with E-state index >= 15 is 0 Å². The van der Waals surface area contributed by atoms with E-state index in [9.17, 15) is 9.59 Å². The van der Waals surface area contributed by atoms with E-state index in [2.05, 4.69) is 10.6 Å². The molecule has 0 aliphatic heterocycles. The molecule has 0 atom stereocenters. The molecular weight excluding hydrogens is 300 g/mol. The average Bonchev–Trinajstić information content (AvgIpc) is 2.49. The van der Waals surface area contributed by atoms with Gasteiger partial charge in [0.1, 0.15) is 0 Å². The Morgan fingerprint density at radius 3 is 2.50 bits per heavy atom. The van der Waals surface area contributed by atoms with Crippen molar-refractivity contribution in [1.29, 1.82) is 0 Å². The highest BCUT2D eigenvalue weighted by Crippen LogP contribution is 2.17. The highest BCUT2D eigenvalue weighted by molar-refractivity contribution is 6.39. The minimum Gasteiger partial charge on any atom is -0.344 e. The fraction of sp³-hybridized carbons (Fsp3) is 0.176. The Bertz CT molecular complexity index is 714. The SMILES string of the molecule is Cc1cccc(NC(=O)C(=O)NCc2cccc(Cl)c2)c1C. The number of carbonyl (C=O) groups is 2. The number of anilines is 1. The van der Waals surface area contributed by atoms with Crippen LogP contribution in [0.15, 0.2) is 42.5 Å². The van der Waals surface area contributed by atoms with Crippen LogP contribution in [0.2, 0.25) is 5.02 Å². The summed E-state index contributed by atoms with van der Waals surface area (Å²) in [6, 6.07) is 12.7. The molecule has 0 spiro atoms. The van der Waals surface area contributed by atoms with E-state index < -0.39 is 11.8 Å². The zero-order valence-electron chi connectivity index (χ0n) is 12.4. The van der Waals surface area contributed by atoms with Gasteiger partial charge in [-0.1, -0.05) is 35.9 Å². The topological polar surface area (TPSA) is 58.2 Å². The lowest BCUT2D eigenvalue weighted by molar-refractivity contribution is -0.136. The third-order valence-electron chi connectivity index (χ3n) is 3.40. The van der Waals surface area contributed by atoms with Crippen molar-refractivity contribution in [1.82, 2.24) is 5.32 Å². The first-order valence-electron chi connectivity index (χ1n) is 6.87. The molecule has 2 rings (SSSR count). The van der Waals surface area contributed by atoms with Gasteiger partial charge in [0.15, 0.2) is 0 Å². The molecule has 0 heterocycles. The first kappa shape index (κ1) is 16.0. The van der Waals surface area contributed by atoms with Gasteiger partial charge in [0, 0.05) is 17.3 Å². The van der Waals surface area contributed by atoms with E-state index in [1.807, 2.05) is 32.0 Å². The summed E-state index contributed by atoms with van der Waals surface area (Å²) in [6.07, 6.45) is 0. The van der Waals surface area contributed by atoms with E-state index in [4.69, 9.17) is 11.6 Å². The van der Waals surface area contributed by atoms with Gasteiger partial charge in [-0.2, -0.15) is 0 Å². The van der Waals surface area contributed by atoms with E-state index in [0.717, 1.165) is 16.7 Å². The number of amides is 2. The van der Waals surface area contributed by atoms with Gasteiger partial charge in [-0.3, -0.25) is 9.59 Å². The van der Waals surface area contributed by atoms with Gasteiger partial charge in [-0.05, 0) is 48.7 Å². The molecule has 2 aromatic carbocycles. The van der Waals surface area contributed by atoms with Crippen molar-refractivity contribution in [3.05, 3.63) is 64.2 Å². The maximum Gasteiger partial charge on any atom is 0.313 e. The zero-order chi connectivity index (χ0) is 16.1. The molecule has 2 amide bonds. The average molecular weight is 317 g/mol. The Morgan fingerprint density at radius 1 is 1.05 bits per heavy atom. The Balaban J connectivity index is 1.95. The molecule has 2 aromatic rings. The van der Waals surface area contributed by atoms with Crippen molar-refractivity contribution in [2.45, 2.75) is 20.4 Å². The number of aryl methyl sites for hydroxylation is 1. The van der Waals surface area contributed by atoms with E-state index in [1.165, 1.54) is 0 Å². The van der Waals surface area contributed by atoms with Gasteiger partial charge >= 0.3 is 11.8 Å². The molecule has 0 saturated heterocycles. The molecule has 5 heteroatoms. The third-order valence-corrected chi connectivity index (χ3v) is 3.64. The van der Waals surface area contributed by atoms with Crippen molar-refractivity contribution >= 4 is 29.1 Å². The molecule has 0 aliphatic carbocycles. The van der Waals surface area contributed by atoms with Crippen LogP contribution in [-0.4, -0.2) is 11.8 Å². The van der Waals surface area contributed by atoms with Crippen molar-refractivity contribution in [2.75, 3.05) is 5.32 Å². The van der Waals surface area contributed by atoms with Crippen LogP contribution in [0, 0.1) is 13.8 Å². The molecule has 4 nitrogen and oxygen atoms in total. The first-order chi connectivity index (χ1) is 10.5. The predicted molar refractivity (Wildman–Crippen MR) is 87.8 cm³/mol. The quantitative estimate of drug-likeness (QED) is 0.854. The molecule has 0 aliphatic rings. The largest absolute Gasteiger partial charge is 0.344 e. The smallest absolute Gasteiger partial charge is 0.313 e. The first-order valence-corrected chi connectivity index (χ1v) is 7.25. The summed E-state index contributed by atoms with van der Waals surface area (Å²) in [5, 5.41) is 5.78. The minimum absolute atomic E-state index is 0.250. The summed E-state index contributed by atoms with van der Waals surface area (Å²) in [5.41, 5.74) is 3.47. The normalized spacial score (nSPS) is 10.1. The van der Waals surface area contributed by atoms with Crippen molar-refractivity contribution in [3.63, 3.8) is 0 Å². The van der Waals surface area contributed by atoms with E-state index in [0.29, 0.717) is 10.7 Å². The van der Waals surface area contributed by atoms with Crippen LogP contribution in [0.3, 0.4) is 0 Å². The Hall–Kier alpha value is -2.33. The minimum atomic E-state index is -0.685. The van der Waals surface area contributed by atoms with Crippen LogP contribution in [0.25, 0.3) is 0 Å². The lowest BCUT2D eigenvalue weighted by Gasteiger charge is -2.10. The fourth-order valence-corrected chi connectivity index (χ4v) is 2.19. The Labute approximate surface area is 134 Å². The molecule has 0 bridgehead atoms. The molecule has 0 fully saturated rings. The molecule has 22 heavy (non-hydrogen) atoms. The molecular formula is C17H17ClN2O2. The van der Waals surface area contributed by atoms with Gasteiger partial charge in [0.25, 0.3) is 0 Å². The Kier molecular flexibility index (Phi) is 5.17. The third kappa shape index (κ3) is 4.09. The van der Waals surface area contributed by atoms with Gasteiger partial charge in [-0.25, -0.2) is 0 Å². The van der Waals surface area contributed by atoms with Crippen LogP contribution in [-0.2, 0) is 16.1 Å². The number of nitrogens with one attached hydrogen (secondary N) is 2. The van der Waals surface area contributed by atoms with Crippen LogP contribution in [0.1, 0.15) is 16.7 Å². The second-order valence-corrected chi connectivity index (χ2v) is 5.45. The monoisotopic (exact) mass is 316 g/mol. The number of benzene rings is 2. The summed E-state index contributed by atoms with van der Waals surface area (Å²) in [6.45, 7) is 4.10. The predicted octanol–water partition coefficient (Wildman–Crippen LogP) is 3.21. The molecule has 0 unspecified atom stereocenters. The van der Waals surface area contributed by atoms with Gasteiger partial charge in [-0.15, -0.1) is 0 Å². The maximum atomic E-state index is 11.9. The molecule has 114 valence electrons. The van der Waals surface area contributed by atoms with E-state index in [-0.39, 0.29) is 6.54 Å². The molecule has 0 radical (unpaired) electrons. The van der Waals surface area contributed by atoms with Gasteiger partial charge in [0.05, 0.1) is 0 Å². The summed E-state index contributed by atoms with van der Waals surface area (Å²) < 4.78 is 0. The highest BCUT2D eigenvalue weighted by atomic mass is 35.5. The van der Waals surface area contributed by atoms with Crippen LogP contribution < -0.4 is 10.6 Å². The summed E-state index contributed by atoms with van der Waals surface area (Å²) in [7, 11) is 0. The molecule has 0 saturated carbocycles. The number of halogens is 1. The fourth-order valence-electron chi connectivity index (χ4n) is 1.98. The van der Waals surface area contributed by atoms with Crippen molar-refractivity contribution in [3.8, 4) is 0 Å². The van der Waals surface area contributed by atoms with Crippen molar-refractivity contribution < 1.29 is 9.59 Å². The number of hydrogen-bond donors (Lipinski definition) is 2. The highest BCUT2D eigenvalue weighted by Gasteiger charge is 2.14. The van der Waals surface area contributed by atoms with Crippen LogP contribution in [0.4, 0.5) is 5.69 Å². The standard InChI is InChI=1S/C17H17ClN2O2/c1-11-5-3-8-15(12(11)2)20-17(22)16(21)19-10-13-6-4-7-14(18)9-13/h3-9H,10H2,1-2H3,(H,19,21)(H,20,22). The second-order valence-electron chi connectivity index (χ2n) is 5.01. The number of carbonyl (C=O) groups excluding carboxylic acids is 2. The summed E-state index contributed by atoms with van der Waals surface area (Å²) in [4.78, 5) is 23.8. The van der Waals surface area contributed by atoms with Crippen molar-refractivity contribution in [2.24, 2.45) is 0 Å². The lowest BCUT2D eigenvalue weighted by atomic mass is 10.1. The summed E-state index contributed by atoms with van der Waals surface area (Å²) >= 11 is 5.87. The number of rotatable bonds is 3. The maximum absolute atomic E-state index is 11.9. The van der Waals surface area contributed by atoms with Crippen LogP contribution >= 0.6 is 11.6 Å².